The van der Waals surface area contributed by atoms with Gasteiger partial charge in [-0.2, -0.15) is 0 Å². The van der Waals surface area contributed by atoms with Crippen molar-refractivity contribution in [2.24, 2.45) is 0 Å². The third-order valence-electron chi connectivity index (χ3n) is 5.75. The summed E-state index contributed by atoms with van der Waals surface area (Å²) in [5.74, 6) is 0. The number of rotatable bonds is 7. The number of hydrogen-bond acceptors (Lipinski definition) is 2. The van der Waals surface area contributed by atoms with Crippen molar-refractivity contribution in [2.75, 3.05) is 23.7 Å². The molecule has 3 N–H and O–H groups in total. The summed E-state index contributed by atoms with van der Waals surface area (Å²) in [6.07, 6.45) is 7.33. The molecule has 0 radical (unpaired) electrons. The first kappa shape index (κ1) is 23.5. The first-order chi connectivity index (χ1) is 15.0. The Morgan fingerprint density at radius 2 is 1.39 bits per heavy atom. The lowest BCUT2D eigenvalue weighted by atomic mass is 9.94. The van der Waals surface area contributed by atoms with Crippen LogP contribution in [0.25, 0.3) is 0 Å². The van der Waals surface area contributed by atoms with Crippen molar-refractivity contribution in [3.63, 3.8) is 0 Å². The van der Waals surface area contributed by atoms with Crippen molar-refractivity contribution >= 4 is 46.0 Å². The Labute approximate surface area is 197 Å². The third kappa shape index (κ3) is 7.78. The molecule has 1 aliphatic carbocycles. The Bertz CT molecular complexity index is 843. The Kier molecular flexibility index (Phi) is 9.10. The lowest BCUT2D eigenvalue weighted by Gasteiger charge is -2.36. The summed E-state index contributed by atoms with van der Waals surface area (Å²) < 4.78 is 0. The highest BCUT2D eigenvalue weighted by atomic mass is 32.1. The first-order valence-electron chi connectivity index (χ1n) is 11.3. The zero-order chi connectivity index (χ0) is 22.1. The predicted octanol–water partition coefficient (Wildman–Crippen LogP) is 6.01. The van der Waals surface area contributed by atoms with Gasteiger partial charge in [-0.15, -0.1) is 0 Å². The van der Waals surface area contributed by atoms with Crippen molar-refractivity contribution in [1.82, 2.24) is 10.2 Å². The van der Waals surface area contributed by atoms with Crippen LogP contribution < -0.4 is 16.0 Å². The molecular weight excluding hydrogens is 420 g/mol. The van der Waals surface area contributed by atoms with Crippen LogP contribution in [0.1, 0.15) is 49.7 Å². The molecular formula is C25H34N4S2. The average Bonchev–Trinajstić information content (AvgIpc) is 2.77. The van der Waals surface area contributed by atoms with Gasteiger partial charge in [0, 0.05) is 30.5 Å². The molecule has 0 aromatic heterocycles. The Balaban J connectivity index is 1.49. The fraction of sp³-hybridized carbons (Fsp3) is 0.440. The molecule has 1 fully saturated rings. The van der Waals surface area contributed by atoms with Gasteiger partial charge in [0.15, 0.2) is 10.2 Å². The minimum atomic E-state index is 0.525. The van der Waals surface area contributed by atoms with Gasteiger partial charge in [-0.05, 0) is 81.8 Å². The van der Waals surface area contributed by atoms with Crippen molar-refractivity contribution in [3.8, 4) is 0 Å². The zero-order valence-electron chi connectivity index (χ0n) is 18.6. The molecule has 4 nitrogen and oxygen atoms in total. The van der Waals surface area contributed by atoms with Gasteiger partial charge in [0.05, 0.1) is 0 Å². The van der Waals surface area contributed by atoms with Crippen LogP contribution in [0.3, 0.4) is 0 Å². The highest BCUT2D eigenvalue weighted by Gasteiger charge is 2.23. The van der Waals surface area contributed by atoms with Crippen LogP contribution in [0.15, 0.2) is 48.5 Å². The molecule has 0 atom stereocenters. The molecule has 0 spiro atoms. The van der Waals surface area contributed by atoms with Gasteiger partial charge in [-0.25, -0.2) is 0 Å². The van der Waals surface area contributed by atoms with Crippen LogP contribution in [0, 0.1) is 13.8 Å². The van der Waals surface area contributed by atoms with E-state index in [2.05, 4.69) is 71.1 Å². The zero-order valence-corrected chi connectivity index (χ0v) is 20.2. The Hall–Kier alpha value is -2.18. The number of aryl methyl sites for hydroxylation is 2. The van der Waals surface area contributed by atoms with E-state index < -0.39 is 0 Å². The minimum Gasteiger partial charge on any atom is -0.362 e. The van der Waals surface area contributed by atoms with Gasteiger partial charge < -0.3 is 20.9 Å². The molecule has 0 aliphatic heterocycles. The van der Waals surface area contributed by atoms with E-state index in [-0.39, 0.29) is 0 Å². The largest absolute Gasteiger partial charge is 0.362 e. The van der Waals surface area contributed by atoms with E-state index in [0.717, 1.165) is 36.0 Å². The highest BCUT2D eigenvalue weighted by molar-refractivity contribution is 7.80. The van der Waals surface area contributed by atoms with Crippen LogP contribution in [0.2, 0.25) is 0 Å². The van der Waals surface area contributed by atoms with E-state index in [0.29, 0.717) is 11.2 Å². The second-order valence-electron chi connectivity index (χ2n) is 8.38. The second kappa shape index (κ2) is 12.0. The fourth-order valence-electron chi connectivity index (χ4n) is 3.94. The quantitative estimate of drug-likeness (QED) is 0.351. The molecule has 0 amide bonds. The monoisotopic (exact) mass is 454 g/mol. The van der Waals surface area contributed by atoms with E-state index in [1.807, 2.05) is 12.1 Å². The molecule has 2 aromatic rings. The summed E-state index contributed by atoms with van der Waals surface area (Å²) in [6, 6.07) is 17.2. The lowest BCUT2D eigenvalue weighted by Crippen LogP contribution is -2.45. The standard InChI is InChI=1S/C25H34N4S2/c1-19-9-13-21(14-10-19)27-24(30)26-17-6-18-29(23-7-4-3-5-8-23)25(31)28-22-15-11-20(2)12-16-22/h9-16,23H,3-8,17-18H2,1-2H3,(H,28,31)(H2,26,27,30). The van der Waals surface area contributed by atoms with E-state index in [1.165, 1.54) is 43.2 Å². The van der Waals surface area contributed by atoms with E-state index in [4.69, 9.17) is 24.4 Å². The van der Waals surface area contributed by atoms with Crippen molar-refractivity contribution in [1.29, 1.82) is 0 Å². The SMILES string of the molecule is Cc1ccc(NC(=S)NCCCN(C(=S)Nc2ccc(C)cc2)C2CCCCC2)cc1. The predicted molar refractivity (Wildman–Crippen MR) is 141 cm³/mol. The summed E-state index contributed by atoms with van der Waals surface area (Å²) >= 11 is 11.3. The molecule has 6 heteroatoms. The maximum atomic E-state index is 5.83. The summed E-state index contributed by atoms with van der Waals surface area (Å²) in [6.45, 7) is 5.91. The number of nitrogens with zero attached hydrogens (tertiary/aromatic N) is 1. The number of anilines is 2. The van der Waals surface area contributed by atoms with Crippen LogP contribution in [-0.4, -0.2) is 34.3 Å². The first-order valence-corrected chi connectivity index (χ1v) is 12.1. The van der Waals surface area contributed by atoms with Gasteiger partial charge in [-0.1, -0.05) is 54.7 Å². The Morgan fingerprint density at radius 3 is 1.97 bits per heavy atom. The molecule has 166 valence electrons. The summed E-state index contributed by atoms with van der Waals surface area (Å²) in [7, 11) is 0. The summed E-state index contributed by atoms with van der Waals surface area (Å²) in [4.78, 5) is 2.40. The number of nitrogens with one attached hydrogen (secondary N) is 3. The topological polar surface area (TPSA) is 39.3 Å². The van der Waals surface area contributed by atoms with E-state index in [1.54, 1.807) is 0 Å². The van der Waals surface area contributed by atoms with Gasteiger partial charge in [0.2, 0.25) is 0 Å². The van der Waals surface area contributed by atoms with Crippen LogP contribution in [0.5, 0.6) is 0 Å². The highest BCUT2D eigenvalue weighted by Crippen LogP contribution is 2.24. The summed E-state index contributed by atoms with van der Waals surface area (Å²) in [5.41, 5.74) is 4.55. The molecule has 2 aromatic carbocycles. The van der Waals surface area contributed by atoms with Crippen molar-refractivity contribution in [3.05, 3.63) is 59.7 Å². The van der Waals surface area contributed by atoms with Gasteiger partial charge in [0.1, 0.15) is 0 Å². The van der Waals surface area contributed by atoms with Gasteiger partial charge >= 0.3 is 0 Å². The molecule has 0 bridgehead atoms. The van der Waals surface area contributed by atoms with Crippen LogP contribution >= 0.6 is 24.4 Å². The molecule has 1 saturated carbocycles. The second-order valence-corrected chi connectivity index (χ2v) is 9.18. The van der Waals surface area contributed by atoms with Crippen molar-refractivity contribution < 1.29 is 0 Å². The maximum absolute atomic E-state index is 5.83. The average molecular weight is 455 g/mol. The molecule has 0 heterocycles. The van der Waals surface area contributed by atoms with E-state index in [9.17, 15) is 0 Å². The molecule has 0 saturated heterocycles. The Morgan fingerprint density at radius 1 is 0.839 bits per heavy atom. The molecule has 0 unspecified atom stereocenters. The third-order valence-corrected chi connectivity index (χ3v) is 6.33. The molecule has 1 aliphatic rings. The van der Waals surface area contributed by atoms with Gasteiger partial charge in [0.25, 0.3) is 0 Å². The molecule has 3 rings (SSSR count). The number of hydrogen-bond donors (Lipinski definition) is 3. The van der Waals surface area contributed by atoms with Crippen LogP contribution in [0.4, 0.5) is 11.4 Å². The molecule has 31 heavy (non-hydrogen) atoms. The fourth-order valence-corrected chi connectivity index (χ4v) is 4.52. The minimum absolute atomic E-state index is 0.525. The lowest BCUT2D eigenvalue weighted by molar-refractivity contribution is 0.244. The summed E-state index contributed by atoms with van der Waals surface area (Å²) in [5, 5.41) is 11.5. The van der Waals surface area contributed by atoms with Gasteiger partial charge in [-0.3, -0.25) is 0 Å². The van der Waals surface area contributed by atoms with Crippen molar-refractivity contribution in [2.45, 2.75) is 58.4 Å². The number of thiocarbonyl (C=S) groups is 2. The smallest absolute Gasteiger partial charge is 0.173 e. The maximum Gasteiger partial charge on any atom is 0.173 e. The van der Waals surface area contributed by atoms with Crippen LogP contribution in [-0.2, 0) is 0 Å². The number of benzene rings is 2. The van der Waals surface area contributed by atoms with E-state index >= 15 is 0 Å². The normalized spacial score (nSPS) is 14.0.